The van der Waals surface area contributed by atoms with Crippen LogP contribution < -0.4 is 5.73 Å². The van der Waals surface area contributed by atoms with Crippen molar-refractivity contribution in [2.24, 2.45) is 11.7 Å². The maximum atomic E-state index is 6.14. The van der Waals surface area contributed by atoms with Crippen molar-refractivity contribution in [1.82, 2.24) is 0 Å². The van der Waals surface area contributed by atoms with Gasteiger partial charge in [-0.25, -0.2) is 0 Å². The highest BCUT2D eigenvalue weighted by Crippen LogP contribution is 2.27. The summed E-state index contributed by atoms with van der Waals surface area (Å²) in [5.74, 6) is 1.67. The van der Waals surface area contributed by atoms with Crippen LogP contribution in [0.25, 0.3) is 0 Å². The first kappa shape index (κ1) is 14.9. The van der Waals surface area contributed by atoms with Gasteiger partial charge in [-0.15, -0.1) is 11.8 Å². The predicted molar refractivity (Wildman–Crippen MR) is 78.8 cm³/mol. The van der Waals surface area contributed by atoms with Crippen LogP contribution >= 0.6 is 23.4 Å². The maximum absolute atomic E-state index is 6.14. The number of halogens is 1. The van der Waals surface area contributed by atoms with E-state index in [-0.39, 0.29) is 6.04 Å². The second kappa shape index (κ2) is 8.02. The molecule has 0 aliphatic carbocycles. The number of rotatable bonds is 7. The largest absolute Gasteiger partial charge is 0.327 e. The third kappa shape index (κ3) is 5.80. The molecule has 0 bridgehead atoms. The summed E-state index contributed by atoms with van der Waals surface area (Å²) in [6.07, 6.45) is 3.61. The van der Waals surface area contributed by atoms with Gasteiger partial charge in [0.15, 0.2) is 0 Å². The molecule has 1 nitrogen and oxygen atoms in total. The van der Waals surface area contributed by atoms with Gasteiger partial charge in [-0.2, -0.15) is 0 Å². The van der Waals surface area contributed by atoms with Crippen molar-refractivity contribution >= 4 is 23.4 Å². The van der Waals surface area contributed by atoms with E-state index in [1.807, 2.05) is 18.2 Å². The SMILES string of the molecule is CCCC(C)CC(N)CSc1ccccc1Cl. The van der Waals surface area contributed by atoms with E-state index in [0.29, 0.717) is 0 Å². The van der Waals surface area contributed by atoms with E-state index < -0.39 is 0 Å². The Morgan fingerprint density at radius 2 is 2.06 bits per heavy atom. The Hall–Kier alpha value is -0.180. The molecule has 0 spiro atoms. The van der Waals surface area contributed by atoms with E-state index in [1.165, 1.54) is 12.8 Å². The Balaban J connectivity index is 2.33. The van der Waals surface area contributed by atoms with Gasteiger partial charge in [0.25, 0.3) is 0 Å². The second-order valence-corrected chi connectivity index (χ2v) is 6.10. The lowest BCUT2D eigenvalue weighted by molar-refractivity contribution is 0.450. The van der Waals surface area contributed by atoms with E-state index in [9.17, 15) is 0 Å². The fourth-order valence-corrected chi connectivity index (χ4v) is 3.16. The van der Waals surface area contributed by atoms with E-state index in [1.54, 1.807) is 11.8 Å². The van der Waals surface area contributed by atoms with Gasteiger partial charge < -0.3 is 5.73 Å². The first-order valence-corrected chi connectivity index (χ1v) is 7.62. The van der Waals surface area contributed by atoms with Gasteiger partial charge in [-0.1, -0.05) is 50.4 Å². The molecule has 0 aliphatic rings. The number of hydrogen-bond acceptors (Lipinski definition) is 2. The standard InChI is InChI=1S/C14H22ClNS/c1-3-6-11(2)9-12(16)10-17-14-8-5-4-7-13(14)15/h4-5,7-8,11-12H,3,6,9-10,16H2,1-2H3. The summed E-state index contributed by atoms with van der Waals surface area (Å²) in [5, 5.41) is 0.825. The minimum atomic E-state index is 0.262. The van der Waals surface area contributed by atoms with Crippen molar-refractivity contribution in [2.75, 3.05) is 5.75 Å². The topological polar surface area (TPSA) is 26.0 Å². The third-order valence-electron chi connectivity index (χ3n) is 2.78. The molecule has 0 radical (unpaired) electrons. The molecule has 0 aromatic heterocycles. The van der Waals surface area contributed by atoms with E-state index in [0.717, 1.165) is 28.0 Å². The third-order valence-corrected chi connectivity index (χ3v) is 4.48. The van der Waals surface area contributed by atoms with Crippen LogP contribution in [0.2, 0.25) is 5.02 Å². The summed E-state index contributed by atoms with van der Waals surface area (Å²) in [5.41, 5.74) is 6.14. The molecule has 1 rings (SSSR count). The van der Waals surface area contributed by atoms with Crippen LogP contribution in [0.15, 0.2) is 29.2 Å². The lowest BCUT2D eigenvalue weighted by atomic mass is 9.99. The maximum Gasteiger partial charge on any atom is 0.0541 e. The Morgan fingerprint density at radius 3 is 2.71 bits per heavy atom. The summed E-state index contributed by atoms with van der Waals surface area (Å²) in [7, 11) is 0. The van der Waals surface area contributed by atoms with Crippen LogP contribution in [0.4, 0.5) is 0 Å². The normalized spacial score (nSPS) is 14.6. The highest BCUT2D eigenvalue weighted by molar-refractivity contribution is 7.99. The highest BCUT2D eigenvalue weighted by atomic mass is 35.5. The van der Waals surface area contributed by atoms with Gasteiger partial charge in [0, 0.05) is 16.7 Å². The Morgan fingerprint density at radius 1 is 1.35 bits per heavy atom. The Bertz CT molecular complexity index is 330. The zero-order valence-corrected chi connectivity index (χ0v) is 12.2. The van der Waals surface area contributed by atoms with Crippen LogP contribution in [0, 0.1) is 5.92 Å². The highest BCUT2D eigenvalue weighted by Gasteiger charge is 2.09. The van der Waals surface area contributed by atoms with Crippen LogP contribution in [0.1, 0.15) is 33.1 Å². The molecule has 0 saturated heterocycles. The minimum Gasteiger partial charge on any atom is -0.327 e. The molecular formula is C14H22ClNS. The van der Waals surface area contributed by atoms with Crippen molar-refractivity contribution in [2.45, 2.75) is 44.0 Å². The molecule has 2 atom stereocenters. The first-order chi connectivity index (χ1) is 8.13. The minimum absolute atomic E-state index is 0.262. The van der Waals surface area contributed by atoms with Gasteiger partial charge >= 0.3 is 0 Å². The van der Waals surface area contributed by atoms with E-state index in [2.05, 4.69) is 19.9 Å². The average molecular weight is 272 g/mol. The van der Waals surface area contributed by atoms with Crippen molar-refractivity contribution in [1.29, 1.82) is 0 Å². The summed E-state index contributed by atoms with van der Waals surface area (Å²) in [4.78, 5) is 1.13. The molecule has 2 unspecified atom stereocenters. The van der Waals surface area contributed by atoms with Crippen LogP contribution in [0.5, 0.6) is 0 Å². The van der Waals surface area contributed by atoms with Gasteiger partial charge in [0.05, 0.1) is 5.02 Å². The van der Waals surface area contributed by atoms with Gasteiger partial charge in [0.1, 0.15) is 0 Å². The molecule has 96 valence electrons. The van der Waals surface area contributed by atoms with Crippen LogP contribution in [0.3, 0.4) is 0 Å². The molecular weight excluding hydrogens is 250 g/mol. The van der Waals surface area contributed by atoms with Gasteiger partial charge in [0.2, 0.25) is 0 Å². The van der Waals surface area contributed by atoms with Crippen molar-refractivity contribution in [3.05, 3.63) is 29.3 Å². The van der Waals surface area contributed by atoms with Crippen LogP contribution in [-0.4, -0.2) is 11.8 Å². The predicted octanol–water partition coefficient (Wildman–Crippen LogP) is 4.59. The van der Waals surface area contributed by atoms with Gasteiger partial charge in [-0.05, 0) is 24.5 Å². The number of thioether (sulfide) groups is 1. The fourth-order valence-electron chi connectivity index (χ4n) is 1.95. The Kier molecular flexibility index (Phi) is 7.02. The molecule has 3 heteroatoms. The number of nitrogens with two attached hydrogens (primary N) is 1. The number of benzene rings is 1. The smallest absolute Gasteiger partial charge is 0.0541 e. The first-order valence-electron chi connectivity index (χ1n) is 6.26. The second-order valence-electron chi connectivity index (χ2n) is 4.63. The summed E-state index contributed by atoms with van der Waals surface area (Å²) >= 11 is 7.86. The molecule has 2 N–H and O–H groups in total. The molecule has 1 aromatic rings. The fraction of sp³-hybridized carbons (Fsp3) is 0.571. The van der Waals surface area contributed by atoms with E-state index in [4.69, 9.17) is 17.3 Å². The molecule has 0 saturated carbocycles. The summed E-state index contributed by atoms with van der Waals surface area (Å²) in [6, 6.07) is 8.21. The molecule has 0 amide bonds. The van der Waals surface area contributed by atoms with Crippen molar-refractivity contribution < 1.29 is 0 Å². The zero-order chi connectivity index (χ0) is 12.7. The molecule has 0 fully saturated rings. The zero-order valence-electron chi connectivity index (χ0n) is 10.7. The van der Waals surface area contributed by atoms with Crippen molar-refractivity contribution in [3.8, 4) is 0 Å². The van der Waals surface area contributed by atoms with Crippen LogP contribution in [-0.2, 0) is 0 Å². The Labute approximate surface area is 114 Å². The monoisotopic (exact) mass is 271 g/mol. The molecule has 17 heavy (non-hydrogen) atoms. The lowest BCUT2D eigenvalue weighted by Crippen LogP contribution is -2.25. The number of hydrogen-bond donors (Lipinski definition) is 1. The lowest BCUT2D eigenvalue weighted by Gasteiger charge is -2.16. The molecule has 1 aromatic carbocycles. The quantitative estimate of drug-likeness (QED) is 0.735. The van der Waals surface area contributed by atoms with Gasteiger partial charge in [-0.3, -0.25) is 0 Å². The van der Waals surface area contributed by atoms with E-state index >= 15 is 0 Å². The summed E-state index contributed by atoms with van der Waals surface area (Å²) < 4.78 is 0. The average Bonchev–Trinajstić information content (AvgIpc) is 2.28. The summed E-state index contributed by atoms with van der Waals surface area (Å²) in [6.45, 7) is 4.50. The van der Waals surface area contributed by atoms with Crippen molar-refractivity contribution in [3.63, 3.8) is 0 Å². The molecule has 0 aliphatic heterocycles. The molecule has 0 heterocycles.